The molecule has 0 saturated heterocycles. The van der Waals surface area contributed by atoms with Crippen LogP contribution in [-0.2, 0) is 10.0 Å². The maximum absolute atomic E-state index is 11.4. The van der Waals surface area contributed by atoms with Gasteiger partial charge in [-0.15, -0.1) is 0 Å². The molecule has 0 aliphatic heterocycles. The molecular formula is C13H22N2O2S2. The molecule has 0 unspecified atom stereocenters. The minimum atomic E-state index is -3.65. The molecule has 108 valence electrons. The van der Waals surface area contributed by atoms with Gasteiger partial charge in [-0.05, 0) is 55.0 Å². The second kappa shape index (κ2) is 7.17. The molecule has 0 amide bonds. The number of thioether (sulfide) groups is 1. The van der Waals surface area contributed by atoms with E-state index in [2.05, 4.69) is 12.2 Å². The summed E-state index contributed by atoms with van der Waals surface area (Å²) in [5.41, 5.74) is 2.85. The Labute approximate surface area is 120 Å². The quantitative estimate of drug-likeness (QED) is 0.759. The molecule has 3 N–H and O–H groups in total. The number of nitrogens with one attached hydrogen (secondary N) is 1. The highest BCUT2D eigenvalue weighted by atomic mass is 32.2. The Morgan fingerprint density at radius 3 is 2.58 bits per heavy atom. The highest BCUT2D eigenvalue weighted by Crippen LogP contribution is 2.23. The molecule has 0 aromatic heterocycles. The van der Waals surface area contributed by atoms with Crippen LogP contribution in [0.25, 0.3) is 0 Å². The van der Waals surface area contributed by atoms with Gasteiger partial charge >= 0.3 is 0 Å². The minimum absolute atomic E-state index is 0.168. The zero-order valence-electron chi connectivity index (χ0n) is 11.7. The van der Waals surface area contributed by atoms with Gasteiger partial charge in [0, 0.05) is 12.2 Å². The largest absolute Gasteiger partial charge is 0.385 e. The van der Waals surface area contributed by atoms with Gasteiger partial charge in [-0.2, -0.15) is 11.8 Å². The number of benzene rings is 1. The maximum atomic E-state index is 11.4. The molecule has 0 aliphatic carbocycles. The van der Waals surface area contributed by atoms with Crippen molar-refractivity contribution in [2.45, 2.75) is 32.1 Å². The van der Waals surface area contributed by atoms with Crippen LogP contribution in [-0.4, -0.2) is 26.5 Å². The van der Waals surface area contributed by atoms with E-state index in [0.717, 1.165) is 41.3 Å². The van der Waals surface area contributed by atoms with Crippen LogP contribution in [0.2, 0.25) is 0 Å². The summed E-state index contributed by atoms with van der Waals surface area (Å²) in [7, 11) is -3.65. The van der Waals surface area contributed by atoms with E-state index in [9.17, 15) is 8.42 Å². The molecule has 0 bridgehead atoms. The number of nitrogens with two attached hydrogens (primary N) is 1. The molecule has 19 heavy (non-hydrogen) atoms. The number of hydrogen-bond acceptors (Lipinski definition) is 4. The predicted molar refractivity (Wildman–Crippen MR) is 83.4 cm³/mol. The fourth-order valence-corrected chi connectivity index (χ4v) is 2.98. The molecular weight excluding hydrogens is 280 g/mol. The van der Waals surface area contributed by atoms with Crippen molar-refractivity contribution in [3.05, 3.63) is 23.3 Å². The van der Waals surface area contributed by atoms with E-state index in [0.29, 0.717) is 0 Å². The van der Waals surface area contributed by atoms with Crippen molar-refractivity contribution in [3.8, 4) is 0 Å². The third kappa shape index (κ3) is 5.04. The molecule has 6 heteroatoms. The second-order valence-electron chi connectivity index (χ2n) is 4.43. The van der Waals surface area contributed by atoms with Crippen molar-refractivity contribution in [3.63, 3.8) is 0 Å². The molecule has 0 heterocycles. The van der Waals surface area contributed by atoms with Crippen LogP contribution in [0.5, 0.6) is 0 Å². The normalized spacial score (nSPS) is 11.6. The fraction of sp³-hybridized carbons (Fsp3) is 0.538. The monoisotopic (exact) mass is 302 g/mol. The molecule has 4 nitrogen and oxygen atoms in total. The molecule has 1 aromatic carbocycles. The Morgan fingerprint density at radius 1 is 1.32 bits per heavy atom. The van der Waals surface area contributed by atoms with Crippen molar-refractivity contribution in [2.24, 2.45) is 5.14 Å². The lowest BCUT2D eigenvalue weighted by atomic mass is 10.1. The van der Waals surface area contributed by atoms with Gasteiger partial charge in [-0.1, -0.05) is 6.92 Å². The predicted octanol–water partition coefficient (Wildman–Crippen LogP) is 2.51. The van der Waals surface area contributed by atoms with Crippen molar-refractivity contribution >= 4 is 27.5 Å². The lowest BCUT2D eigenvalue weighted by molar-refractivity contribution is 0.597. The van der Waals surface area contributed by atoms with E-state index in [1.54, 1.807) is 12.1 Å². The van der Waals surface area contributed by atoms with Crippen LogP contribution in [0.3, 0.4) is 0 Å². The summed E-state index contributed by atoms with van der Waals surface area (Å²) in [4.78, 5) is 0.168. The molecule has 0 fully saturated rings. The summed E-state index contributed by atoms with van der Waals surface area (Å²) in [6.45, 7) is 6.84. The Balaban J connectivity index is 2.80. The zero-order chi connectivity index (χ0) is 14.5. The number of anilines is 1. The average molecular weight is 302 g/mol. The Morgan fingerprint density at radius 2 is 2.00 bits per heavy atom. The molecule has 0 radical (unpaired) electrons. The summed E-state index contributed by atoms with van der Waals surface area (Å²) in [5.74, 6) is 2.23. The van der Waals surface area contributed by atoms with Gasteiger partial charge in [0.15, 0.2) is 0 Å². The third-order valence-electron chi connectivity index (χ3n) is 2.95. The van der Waals surface area contributed by atoms with Crippen LogP contribution in [0.1, 0.15) is 24.5 Å². The summed E-state index contributed by atoms with van der Waals surface area (Å²) in [6.07, 6.45) is 1.05. The van der Waals surface area contributed by atoms with Gasteiger partial charge in [-0.3, -0.25) is 0 Å². The lowest BCUT2D eigenvalue weighted by Crippen LogP contribution is -2.14. The van der Waals surface area contributed by atoms with Crippen LogP contribution in [0.15, 0.2) is 17.0 Å². The molecule has 0 spiro atoms. The fourth-order valence-electron chi connectivity index (χ4n) is 1.72. The summed E-state index contributed by atoms with van der Waals surface area (Å²) < 4.78 is 22.8. The van der Waals surface area contributed by atoms with Gasteiger partial charge in [0.25, 0.3) is 0 Å². The lowest BCUT2D eigenvalue weighted by Gasteiger charge is -2.13. The van der Waals surface area contributed by atoms with Gasteiger partial charge in [-0.25, -0.2) is 13.6 Å². The molecule has 0 aliphatic rings. The van der Waals surface area contributed by atoms with Crippen LogP contribution < -0.4 is 10.5 Å². The first kappa shape index (κ1) is 16.3. The molecule has 0 saturated carbocycles. The number of rotatable bonds is 7. The average Bonchev–Trinajstić information content (AvgIpc) is 2.32. The third-order valence-corrected chi connectivity index (χ3v) is 4.83. The van der Waals surface area contributed by atoms with Crippen molar-refractivity contribution in [1.29, 1.82) is 0 Å². The van der Waals surface area contributed by atoms with Crippen LogP contribution in [0.4, 0.5) is 5.69 Å². The van der Waals surface area contributed by atoms with E-state index >= 15 is 0 Å². The summed E-state index contributed by atoms with van der Waals surface area (Å²) in [5, 5.41) is 8.47. The first-order valence-electron chi connectivity index (χ1n) is 6.32. The van der Waals surface area contributed by atoms with E-state index in [-0.39, 0.29) is 4.90 Å². The first-order chi connectivity index (χ1) is 8.86. The Bertz CT molecular complexity index is 528. The van der Waals surface area contributed by atoms with Crippen LogP contribution >= 0.6 is 11.8 Å². The van der Waals surface area contributed by atoms with E-state index in [1.807, 2.05) is 25.6 Å². The summed E-state index contributed by atoms with van der Waals surface area (Å²) >= 11 is 1.90. The number of sulfonamides is 1. The van der Waals surface area contributed by atoms with Crippen molar-refractivity contribution < 1.29 is 8.42 Å². The van der Waals surface area contributed by atoms with E-state index < -0.39 is 10.0 Å². The van der Waals surface area contributed by atoms with Gasteiger partial charge in [0.1, 0.15) is 0 Å². The molecule has 1 rings (SSSR count). The topological polar surface area (TPSA) is 72.2 Å². The maximum Gasteiger partial charge on any atom is 0.238 e. The Hall–Kier alpha value is -0.720. The minimum Gasteiger partial charge on any atom is -0.385 e. The highest BCUT2D eigenvalue weighted by Gasteiger charge is 2.12. The highest BCUT2D eigenvalue weighted by molar-refractivity contribution is 7.99. The first-order valence-corrected chi connectivity index (χ1v) is 9.02. The van der Waals surface area contributed by atoms with Gasteiger partial charge in [0.2, 0.25) is 10.0 Å². The van der Waals surface area contributed by atoms with Crippen molar-refractivity contribution in [1.82, 2.24) is 0 Å². The number of aryl methyl sites for hydroxylation is 1. The van der Waals surface area contributed by atoms with E-state index in [4.69, 9.17) is 5.14 Å². The SMILES string of the molecule is CCSCCCNc1cc(S(N)(=O)=O)cc(C)c1C. The zero-order valence-corrected chi connectivity index (χ0v) is 13.3. The Kier molecular flexibility index (Phi) is 6.16. The van der Waals surface area contributed by atoms with E-state index in [1.165, 1.54) is 0 Å². The standard InChI is InChI=1S/C13H22N2O2S2/c1-4-18-7-5-6-15-13-9-12(19(14,16)17)8-10(2)11(13)3/h8-9,15H,4-7H2,1-3H3,(H2,14,16,17). The van der Waals surface area contributed by atoms with Gasteiger partial charge < -0.3 is 5.32 Å². The van der Waals surface area contributed by atoms with Crippen molar-refractivity contribution in [2.75, 3.05) is 23.4 Å². The van der Waals surface area contributed by atoms with Crippen LogP contribution in [0, 0.1) is 13.8 Å². The number of hydrogen-bond donors (Lipinski definition) is 2. The number of primary sulfonamides is 1. The second-order valence-corrected chi connectivity index (χ2v) is 7.39. The molecule has 0 atom stereocenters. The molecule has 1 aromatic rings. The summed E-state index contributed by atoms with van der Waals surface area (Å²) in [6, 6.07) is 3.23. The smallest absolute Gasteiger partial charge is 0.238 e. The van der Waals surface area contributed by atoms with Gasteiger partial charge in [0.05, 0.1) is 4.90 Å².